The van der Waals surface area contributed by atoms with Gasteiger partial charge in [0.1, 0.15) is 5.82 Å². The van der Waals surface area contributed by atoms with Crippen LogP contribution in [0.25, 0.3) is 11.4 Å². The lowest BCUT2D eigenvalue weighted by atomic mass is 9.97. The first-order chi connectivity index (χ1) is 13.6. The molecule has 1 aliphatic rings. The number of likely N-dealkylation sites (tertiary alicyclic amines) is 1. The summed E-state index contributed by atoms with van der Waals surface area (Å²) in [5.41, 5.74) is 8.01. The van der Waals surface area contributed by atoms with E-state index in [4.69, 9.17) is 10.3 Å². The molecule has 6 nitrogen and oxygen atoms in total. The van der Waals surface area contributed by atoms with Crippen molar-refractivity contribution in [2.75, 3.05) is 13.1 Å². The Balaban J connectivity index is 0.00000240. The van der Waals surface area contributed by atoms with E-state index in [0.29, 0.717) is 36.9 Å². The number of nitrogens with zero attached hydrogens (tertiary/aromatic N) is 3. The third-order valence-corrected chi connectivity index (χ3v) is 5.04. The zero-order valence-corrected chi connectivity index (χ0v) is 16.6. The van der Waals surface area contributed by atoms with Crippen molar-refractivity contribution in [3.63, 3.8) is 0 Å². The van der Waals surface area contributed by atoms with Gasteiger partial charge >= 0.3 is 0 Å². The quantitative estimate of drug-likeness (QED) is 0.699. The number of nitrogens with two attached hydrogens (primary N) is 1. The highest BCUT2D eigenvalue weighted by atomic mass is 35.5. The van der Waals surface area contributed by atoms with E-state index < -0.39 is 0 Å². The molecule has 0 bridgehead atoms. The fourth-order valence-corrected chi connectivity index (χ4v) is 3.45. The summed E-state index contributed by atoms with van der Waals surface area (Å²) < 4.78 is 18.6. The Hall–Kier alpha value is -2.77. The molecule has 1 aliphatic heterocycles. The molecule has 2 N–H and O–H groups in total. The van der Waals surface area contributed by atoms with E-state index in [1.54, 1.807) is 4.90 Å². The number of carbonyl (C=O) groups excluding carboxylic acids is 1. The van der Waals surface area contributed by atoms with Gasteiger partial charge in [-0.25, -0.2) is 4.39 Å². The number of piperidine rings is 1. The van der Waals surface area contributed by atoms with Gasteiger partial charge in [0.2, 0.25) is 11.7 Å². The van der Waals surface area contributed by atoms with Crippen LogP contribution >= 0.6 is 12.4 Å². The lowest BCUT2D eigenvalue weighted by molar-refractivity contribution is 0.0695. The number of carbonyl (C=O) groups is 1. The van der Waals surface area contributed by atoms with E-state index in [9.17, 15) is 9.18 Å². The first-order valence-electron chi connectivity index (χ1n) is 9.32. The zero-order valence-electron chi connectivity index (χ0n) is 15.8. The lowest BCUT2D eigenvalue weighted by Gasteiger charge is -2.31. The van der Waals surface area contributed by atoms with Gasteiger partial charge in [0.05, 0.1) is 5.92 Å². The van der Waals surface area contributed by atoms with Crippen molar-refractivity contribution in [3.05, 3.63) is 71.4 Å². The molecule has 1 saturated heterocycles. The summed E-state index contributed by atoms with van der Waals surface area (Å²) in [6, 6.07) is 13.3. The van der Waals surface area contributed by atoms with Gasteiger partial charge in [-0.3, -0.25) is 4.79 Å². The Morgan fingerprint density at radius 3 is 2.59 bits per heavy atom. The molecule has 1 atom stereocenters. The molecule has 1 fully saturated rings. The van der Waals surface area contributed by atoms with Crippen molar-refractivity contribution in [1.29, 1.82) is 0 Å². The van der Waals surface area contributed by atoms with Crippen LogP contribution in [0.15, 0.2) is 53.1 Å². The first-order valence-corrected chi connectivity index (χ1v) is 9.32. The van der Waals surface area contributed by atoms with E-state index in [1.807, 2.05) is 24.3 Å². The molecule has 2 heterocycles. The van der Waals surface area contributed by atoms with E-state index in [0.717, 1.165) is 24.0 Å². The van der Waals surface area contributed by atoms with Crippen LogP contribution in [0.4, 0.5) is 4.39 Å². The van der Waals surface area contributed by atoms with Crippen molar-refractivity contribution in [3.8, 4) is 11.4 Å². The molecule has 29 heavy (non-hydrogen) atoms. The van der Waals surface area contributed by atoms with Crippen molar-refractivity contribution in [2.24, 2.45) is 5.73 Å². The number of aromatic nitrogens is 2. The third-order valence-electron chi connectivity index (χ3n) is 5.04. The van der Waals surface area contributed by atoms with Crippen LogP contribution in [-0.2, 0) is 6.54 Å². The molecule has 3 aromatic rings. The fraction of sp³-hybridized carbons (Fsp3) is 0.286. The Labute approximate surface area is 174 Å². The summed E-state index contributed by atoms with van der Waals surface area (Å²) in [7, 11) is 0. The fourth-order valence-electron chi connectivity index (χ4n) is 3.45. The molecule has 1 amide bonds. The maximum absolute atomic E-state index is 13.1. The molecule has 1 aromatic heterocycles. The van der Waals surface area contributed by atoms with Crippen LogP contribution in [0, 0.1) is 5.82 Å². The molecule has 152 valence electrons. The standard InChI is InChI=1S/C21H21FN4O2.ClH/c22-18-9-7-16(8-10-18)21(27)26-11-1-2-17(13-26)20-24-19(25-28-20)15-5-3-14(12-23)4-6-15;/h3-10,17H,1-2,11-13,23H2;1H. The summed E-state index contributed by atoms with van der Waals surface area (Å²) in [6.07, 6.45) is 1.72. The Bertz CT molecular complexity index is 960. The van der Waals surface area contributed by atoms with Crippen LogP contribution in [0.2, 0.25) is 0 Å². The molecule has 1 unspecified atom stereocenters. The molecule has 0 spiro atoms. The Morgan fingerprint density at radius 1 is 1.17 bits per heavy atom. The van der Waals surface area contributed by atoms with E-state index in [2.05, 4.69) is 10.1 Å². The number of hydrogen-bond acceptors (Lipinski definition) is 5. The normalized spacial score (nSPS) is 16.3. The number of halogens is 2. The van der Waals surface area contributed by atoms with E-state index in [-0.39, 0.29) is 30.0 Å². The van der Waals surface area contributed by atoms with Gasteiger partial charge in [-0.2, -0.15) is 4.98 Å². The summed E-state index contributed by atoms with van der Waals surface area (Å²) >= 11 is 0. The molecule has 2 aromatic carbocycles. The topological polar surface area (TPSA) is 85.2 Å². The van der Waals surface area contributed by atoms with Gasteiger partial charge in [0.15, 0.2) is 0 Å². The van der Waals surface area contributed by atoms with Crippen LogP contribution in [0.1, 0.15) is 40.6 Å². The minimum absolute atomic E-state index is 0. The van der Waals surface area contributed by atoms with Gasteiger partial charge in [-0.05, 0) is 42.7 Å². The highest BCUT2D eigenvalue weighted by Gasteiger charge is 2.29. The SMILES string of the molecule is Cl.NCc1ccc(-c2noc(C3CCCN(C(=O)c4ccc(F)cc4)C3)n2)cc1. The molecule has 0 aliphatic carbocycles. The Morgan fingerprint density at radius 2 is 1.90 bits per heavy atom. The van der Waals surface area contributed by atoms with E-state index >= 15 is 0 Å². The number of hydrogen-bond donors (Lipinski definition) is 1. The predicted molar refractivity (Wildman–Crippen MR) is 109 cm³/mol. The average molecular weight is 417 g/mol. The molecule has 0 saturated carbocycles. The number of amides is 1. The van der Waals surface area contributed by atoms with E-state index in [1.165, 1.54) is 24.3 Å². The number of rotatable bonds is 4. The minimum Gasteiger partial charge on any atom is -0.339 e. The van der Waals surface area contributed by atoms with Crippen molar-refractivity contribution in [2.45, 2.75) is 25.3 Å². The van der Waals surface area contributed by atoms with Gasteiger partial charge in [0.25, 0.3) is 5.91 Å². The average Bonchev–Trinajstić information content (AvgIpc) is 3.24. The maximum Gasteiger partial charge on any atom is 0.253 e. The van der Waals surface area contributed by atoms with Gasteiger partial charge in [-0.15, -0.1) is 12.4 Å². The number of benzene rings is 2. The molecular formula is C21H22ClFN4O2. The zero-order chi connectivity index (χ0) is 19.5. The highest BCUT2D eigenvalue weighted by Crippen LogP contribution is 2.28. The molecule has 4 rings (SSSR count). The predicted octanol–water partition coefficient (Wildman–Crippen LogP) is 3.78. The molecule has 0 radical (unpaired) electrons. The second-order valence-corrected chi connectivity index (χ2v) is 6.95. The first kappa shape index (κ1) is 21.0. The summed E-state index contributed by atoms with van der Waals surface area (Å²) in [6.45, 7) is 1.65. The second-order valence-electron chi connectivity index (χ2n) is 6.95. The van der Waals surface area contributed by atoms with Gasteiger partial charge < -0.3 is 15.2 Å². The minimum atomic E-state index is -0.356. The summed E-state index contributed by atoms with van der Waals surface area (Å²) in [4.78, 5) is 19.0. The largest absolute Gasteiger partial charge is 0.339 e. The van der Waals surface area contributed by atoms with Crippen LogP contribution in [0.5, 0.6) is 0 Å². The van der Waals surface area contributed by atoms with Gasteiger partial charge in [-0.1, -0.05) is 29.4 Å². The molecular weight excluding hydrogens is 395 g/mol. The van der Waals surface area contributed by atoms with Crippen molar-refractivity contribution in [1.82, 2.24) is 15.0 Å². The van der Waals surface area contributed by atoms with Crippen molar-refractivity contribution >= 4 is 18.3 Å². The summed E-state index contributed by atoms with van der Waals surface area (Å²) in [5.74, 6) is 0.588. The lowest BCUT2D eigenvalue weighted by Crippen LogP contribution is -2.39. The van der Waals surface area contributed by atoms with Crippen LogP contribution in [0.3, 0.4) is 0 Å². The highest BCUT2D eigenvalue weighted by molar-refractivity contribution is 5.94. The van der Waals surface area contributed by atoms with Crippen LogP contribution in [-0.4, -0.2) is 34.0 Å². The van der Waals surface area contributed by atoms with Crippen LogP contribution < -0.4 is 5.73 Å². The van der Waals surface area contributed by atoms with Gasteiger partial charge in [0, 0.05) is 30.8 Å². The van der Waals surface area contributed by atoms with Crippen molar-refractivity contribution < 1.29 is 13.7 Å². The third kappa shape index (κ3) is 4.63. The smallest absolute Gasteiger partial charge is 0.253 e. The second kappa shape index (κ2) is 9.15. The molecule has 8 heteroatoms. The summed E-state index contributed by atoms with van der Waals surface area (Å²) in [5, 5.41) is 4.09. The maximum atomic E-state index is 13.1. The Kier molecular flexibility index (Phi) is 6.61. The monoisotopic (exact) mass is 416 g/mol.